The van der Waals surface area contributed by atoms with Gasteiger partial charge in [-0.3, -0.25) is 4.79 Å². The van der Waals surface area contributed by atoms with Gasteiger partial charge in [0, 0.05) is 17.0 Å². The van der Waals surface area contributed by atoms with E-state index in [9.17, 15) is 23.1 Å². The summed E-state index contributed by atoms with van der Waals surface area (Å²) in [5, 5.41) is 21.0. The molecule has 3 rings (SSSR count). The summed E-state index contributed by atoms with van der Waals surface area (Å²) in [6.45, 7) is 1.90. The van der Waals surface area contributed by atoms with Gasteiger partial charge >= 0.3 is 6.18 Å². The molecule has 0 saturated carbocycles. The molecule has 11 heteroatoms. The topological polar surface area (TPSA) is 85.8 Å². The van der Waals surface area contributed by atoms with E-state index in [2.05, 4.69) is 15.5 Å². The van der Waals surface area contributed by atoms with Crippen molar-refractivity contribution in [3.05, 3.63) is 47.3 Å². The maximum Gasteiger partial charge on any atom is 0.406 e. The van der Waals surface area contributed by atoms with Crippen LogP contribution in [0.4, 0.5) is 13.2 Å². The molecule has 28 heavy (non-hydrogen) atoms. The van der Waals surface area contributed by atoms with Crippen molar-refractivity contribution in [3.8, 4) is 11.4 Å². The van der Waals surface area contributed by atoms with Crippen LogP contribution in [0.5, 0.6) is 5.75 Å². The number of aromatic hydroxyl groups is 1. The standard InChI is InChI=1S/C17H16F3N5O2S/c1-10-7-14(11(2)24(10)9-17(18,19)20)15(27)8-28-16-21-22-23-25(16)12-3-5-13(26)6-4-12/h3-7,26H,8-9H2,1-2H3. The average molecular weight is 411 g/mol. The number of hydrogen-bond donors (Lipinski definition) is 1. The van der Waals surface area contributed by atoms with Crippen LogP contribution in [0.3, 0.4) is 0 Å². The van der Waals surface area contributed by atoms with Crippen molar-refractivity contribution in [1.82, 2.24) is 24.8 Å². The Morgan fingerprint density at radius 1 is 1.21 bits per heavy atom. The molecule has 0 aliphatic heterocycles. The molecule has 0 spiro atoms. The number of aromatic nitrogens is 5. The van der Waals surface area contributed by atoms with Gasteiger partial charge in [-0.05, 0) is 54.6 Å². The maximum atomic E-state index is 12.7. The number of thioether (sulfide) groups is 1. The zero-order valence-corrected chi connectivity index (χ0v) is 15.8. The molecule has 0 unspecified atom stereocenters. The van der Waals surface area contributed by atoms with Crippen molar-refractivity contribution in [2.75, 3.05) is 5.75 Å². The van der Waals surface area contributed by atoms with Crippen LogP contribution in [0.15, 0.2) is 35.5 Å². The summed E-state index contributed by atoms with van der Waals surface area (Å²) in [6, 6.07) is 7.65. The minimum Gasteiger partial charge on any atom is -0.508 e. The molecular weight excluding hydrogens is 395 g/mol. The highest BCUT2D eigenvalue weighted by molar-refractivity contribution is 7.99. The summed E-state index contributed by atoms with van der Waals surface area (Å²) in [5.41, 5.74) is 1.50. The Morgan fingerprint density at radius 3 is 2.54 bits per heavy atom. The van der Waals surface area contributed by atoms with Gasteiger partial charge in [-0.2, -0.15) is 17.9 Å². The summed E-state index contributed by atoms with van der Waals surface area (Å²) in [6.07, 6.45) is -4.37. The lowest BCUT2D eigenvalue weighted by atomic mass is 10.2. The lowest BCUT2D eigenvalue weighted by Gasteiger charge is -2.12. The van der Waals surface area contributed by atoms with E-state index in [1.807, 2.05) is 0 Å². The van der Waals surface area contributed by atoms with Crippen molar-refractivity contribution in [2.24, 2.45) is 0 Å². The summed E-state index contributed by atoms with van der Waals surface area (Å²) in [7, 11) is 0. The van der Waals surface area contributed by atoms with Crippen molar-refractivity contribution in [1.29, 1.82) is 0 Å². The molecule has 0 amide bonds. The minimum atomic E-state index is -4.37. The first-order valence-electron chi connectivity index (χ1n) is 8.13. The van der Waals surface area contributed by atoms with Crippen molar-refractivity contribution in [2.45, 2.75) is 31.7 Å². The number of nitrogens with zero attached hydrogens (tertiary/aromatic N) is 5. The van der Waals surface area contributed by atoms with Gasteiger partial charge in [0.2, 0.25) is 5.16 Å². The monoisotopic (exact) mass is 411 g/mol. The third-order valence-electron chi connectivity index (χ3n) is 4.08. The van der Waals surface area contributed by atoms with Crippen LogP contribution in [-0.2, 0) is 6.54 Å². The van der Waals surface area contributed by atoms with E-state index in [-0.39, 0.29) is 28.5 Å². The molecule has 0 radical (unpaired) electrons. The fourth-order valence-corrected chi connectivity index (χ4v) is 3.51. The number of carbonyl (C=O) groups is 1. The number of rotatable bonds is 6. The number of aryl methyl sites for hydroxylation is 1. The number of phenols is 1. The highest BCUT2D eigenvalue weighted by Crippen LogP contribution is 2.25. The maximum absolute atomic E-state index is 12.7. The second-order valence-electron chi connectivity index (χ2n) is 6.09. The summed E-state index contributed by atoms with van der Waals surface area (Å²) >= 11 is 1.08. The second kappa shape index (κ2) is 7.66. The Kier molecular flexibility index (Phi) is 5.45. The molecule has 0 bridgehead atoms. The number of hydrogen-bond acceptors (Lipinski definition) is 6. The van der Waals surface area contributed by atoms with E-state index in [0.29, 0.717) is 16.5 Å². The van der Waals surface area contributed by atoms with E-state index >= 15 is 0 Å². The summed E-state index contributed by atoms with van der Waals surface area (Å²) in [4.78, 5) is 12.6. The van der Waals surface area contributed by atoms with Gasteiger partial charge in [-0.15, -0.1) is 5.10 Å². The van der Waals surface area contributed by atoms with E-state index in [1.165, 1.54) is 36.7 Å². The van der Waals surface area contributed by atoms with Crippen LogP contribution in [0.1, 0.15) is 21.7 Å². The number of ketones is 1. The molecular formula is C17H16F3N5O2S. The highest BCUT2D eigenvalue weighted by atomic mass is 32.2. The van der Waals surface area contributed by atoms with Crippen LogP contribution in [0, 0.1) is 13.8 Å². The van der Waals surface area contributed by atoms with Gasteiger partial charge in [0.15, 0.2) is 5.78 Å². The van der Waals surface area contributed by atoms with Gasteiger partial charge in [-0.1, -0.05) is 11.8 Å². The van der Waals surface area contributed by atoms with Crippen molar-refractivity contribution in [3.63, 3.8) is 0 Å². The molecule has 2 heterocycles. The molecule has 7 nitrogen and oxygen atoms in total. The molecule has 0 fully saturated rings. The molecule has 1 N–H and O–H groups in total. The largest absolute Gasteiger partial charge is 0.508 e. The van der Waals surface area contributed by atoms with E-state index in [0.717, 1.165) is 16.3 Å². The first-order chi connectivity index (χ1) is 13.2. The molecule has 1 aromatic carbocycles. The number of Topliss-reactive ketones (excluding diaryl/α,β-unsaturated/α-hetero) is 1. The van der Waals surface area contributed by atoms with Gasteiger partial charge < -0.3 is 9.67 Å². The lowest BCUT2D eigenvalue weighted by molar-refractivity contribution is -0.141. The number of phenolic OH excluding ortho intramolecular Hbond substituents is 1. The third-order valence-corrected chi connectivity index (χ3v) is 5.00. The predicted molar refractivity (Wildman–Crippen MR) is 95.8 cm³/mol. The van der Waals surface area contributed by atoms with Crippen LogP contribution in [0.25, 0.3) is 5.69 Å². The first-order valence-corrected chi connectivity index (χ1v) is 9.11. The molecule has 2 aromatic heterocycles. The first kappa shape index (κ1) is 19.9. The molecule has 3 aromatic rings. The Labute approximate surface area is 162 Å². The number of halogens is 3. The Hall–Kier alpha value is -2.82. The van der Waals surface area contributed by atoms with Crippen LogP contribution < -0.4 is 0 Å². The smallest absolute Gasteiger partial charge is 0.406 e. The van der Waals surface area contributed by atoms with Gasteiger partial charge in [0.1, 0.15) is 12.3 Å². The predicted octanol–water partition coefficient (Wildman–Crippen LogP) is 3.32. The number of benzene rings is 1. The average Bonchev–Trinajstić information content (AvgIpc) is 3.19. The summed E-state index contributed by atoms with van der Waals surface area (Å²) < 4.78 is 40.7. The highest BCUT2D eigenvalue weighted by Gasteiger charge is 2.30. The van der Waals surface area contributed by atoms with Crippen molar-refractivity contribution < 1.29 is 23.1 Å². The lowest BCUT2D eigenvalue weighted by Crippen LogP contribution is -2.19. The zero-order chi connectivity index (χ0) is 20.5. The SMILES string of the molecule is Cc1cc(C(=O)CSc2nnnn2-c2ccc(O)cc2)c(C)n1CC(F)(F)F. The van der Waals surface area contributed by atoms with Crippen LogP contribution in [0.2, 0.25) is 0 Å². The summed E-state index contributed by atoms with van der Waals surface area (Å²) in [5.74, 6) is -0.253. The Balaban J connectivity index is 1.75. The molecule has 0 atom stereocenters. The quantitative estimate of drug-likeness (QED) is 0.495. The Bertz CT molecular complexity index is 995. The Morgan fingerprint density at radius 2 is 1.89 bits per heavy atom. The second-order valence-corrected chi connectivity index (χ2v) is 7.03. The van der Waals surface area contributed by atoms with E-state index in [1.54, 1.807) is 12.1 Å². The molecule has 0 aliphatic carbocycles. The van der Waals surface area contributed by atoms with Gasteiger partial charge in [-0.25, -0.2) is 0 Å². The van der Waals surface area contributed by atoms with Gasteiger partial charge in [0.25, 0.3) is 0 Å². The van der Waals surface area contributed by atoms with Crippen LogP contribution >= 0.6 is 11.8 Å². The van der Waals surface area contributed by atoms with E-state index < -0.39 is 12.7 Å². The fraction of sp³-hybridized carbons (Fsp3) is 0.294. The number of carbonyl (C=O) groups excluding carboxylic acids is 1. The molecule has 0 aliphatic rings. The fourth-order valence-electron chi connectivity index (χ4n) is 2.74. The van der Waals surface area contributed by atoms with Gasteiger partial charge in [0.05, 0.1) is 11.4 Å². The van der Waals surface area contributed by atoms with Crippen LogP contribution in [-0.4, -0.2) is 47.6 Å². The molecule has 0 saturated heterocycles. The normalized spacial score (nSPS) is 11.8. The molecule has 148 valence electrons. The minimum absolute atomic E-state index is 0.0330. The van der Waals surface area contributed by atoms with Crippen molar-refractivity contribution >= 4 is 17.5 Å². The zero-order valence-electron chi connectivity index (χ0n) is 14.9. The number of alkyl halides is 3. The number of tetrazole rings is 1. The van der Waals surface area contributed by atoms with E-state index in [4.69, 9.17) is 0 Å². The third kappa shape index (κ3) is 4.35.